The zero-order valence-electron chi connectivity index (χ0n) is 12.6. The summed E-state index contributed by atoms with van der Waals surface area (Å²) in [5.74, 6) is 0.603. The fourth-order valence-corrected chi connectivity index (χ4v) is 3.16. The average Bonchev–Trinajstić information content (AvgIpc) is 2.86. The maximum atomic E-state index is 6.23. The van der Waals surface area contributed by atoms with Gasteiger partial charge >= 0.3 is 0 Å². The van der Waals surface area contributed by atoms with Crippen molar-refractivity contribution < 1.29 is 0 Å². The first-order chi connectivity index (χ1) is 10.2. The smallest absolute Gasteiger partial charge is 0.196 e. The summed E-state index contributed by atoms with van der Waals surface area (Å²) < 4.78 is 0. The molecule has 1 heterocycles. The van der Waals surface area contributed by atoms with Crippen molar-refractivity contribution in [3.05, 3.63) is 65.7 Å². The molecule has 0 bridgehead atoms. The van der Waals surface area contributed by atoms with Crippen LogP contribution in [-0.2, 0) is 5.54 Å². The van der Waals surface area contributed by atoms with Crippen molar-refractivity contribution in [1.29, 1.82) is 0 Å². The van der Waals surface area contributed by atoms with Gasteiger partial charge in [0.25, 0.3) is 0 Å². The molecule has 2 aromatic rings. The first kappa shape index (κ1) is 13.7. The minimum atomic E-state index is -0.181. The van der Waals surface area contributed by atoms with E-state index in [1.165, 1.54) is 11.1 Å². The lowest BCUT2D eigenvalue weighted by Gasteiger charge is -2.39. The van der Waals surface area contributed by atoms with Crippen LogP contribution >= 0.6 is 0 Å². The maximum absolute atomic E-state index is 6.23. The Hall–Kier alpha value is -2.29. The molecule has 2 aromatic carbocycles. The Kier molecular flexibility index (Phi) is 3.42. The number of aliphatic imine (C=N–C) groups is 1. The van der Waals surface area contributed by atoms with Crippen molar-refractivity contribution in [2.24, 2.45) is 10.7 Å². The number of hydrogen-bond donors (Lipinski definition) is 1. The van der Waals surface area contributed by atoms with Crippen LogP contribution in [0.2, 0.25) is 0 Å². The predicted molar refractivity (Wildman–Crippen MR) is 88.6 cm³/mol. The fraction of sp³-hybridized carbons (Fsp3) is 0.278. The van der Waals surface area contributed by atoms with E-state index in [1.54, 1.807) is 0 Å². The molecule has 3 rings (SSSR count). The van der Waals surface area contributed by atoms with Crippen LogP contribution in [0.3, 0.4) is 0 Å². The molecule has 3 nitrogen and oxygen atoms in total. The van der Waals surface area contributed by atoms with E-state index in [9.17, 15) is 0 Å². The number of aryl methyl sites for hydroxylation is 1. The van der Waals surface area contributed by atoms with Gasteiger partial charge in [0, 0.05) is 5.69 Å². The highest BCUT2D eigenvalue weighted by molar-refractivity contribution is 5.98. The van der Waals surface area contributed by atoms with Crippen LogP contribution in [0, 0.1) is 6.92 Å². The van der Waals surface area contributed by atoms with Crippen molar-refractivity contribution in [2.75, 3.05) is 11.4 Å². The summed E-state index contributed by atoms with van der Waals surface area (Å²) in [7, 11) is 0. The van der Waals surface area contributed by atoms with Crippen molar-refractivity contribution in [3.63, 3.8) is 0 Å². The van der Waals surface area contributed by atoms with E-state index in [4.69, 9.17) is 5.73 Å². The third-order valence-electron chi connectivity index (χ3n) is 4.32. The normalized spacial score (nSPS) is 21.4. The van der Waals surface area contributed by atoms with Crippen LogP contribution in [0.4, 0.5) is 5.69 Å². The van der Waals surface area contributed by atoms with E-state index < -0.39 is 0 Å². The summed E-state index contributed by atoms with van der Waals surface area (Å²) in [5, 5.41) is 0. The Labute approximate surface area is 126 Å². The topological polar surface area (TPSA) is 41.6 Å². The summed E-state index contributed by atoms with van der Waals surface area (Å²) in [6.45, 7) is 5.00. The van der Waals surface area contributed by atoms with Crippen molar-refractivity contribution in [2.45, 2.75) is 25.8 Å². The van der Waals surface area contributed by atoms with Gasteiger partial charge in [0.1, 0.15) is 0 Å². The van der Waals surface area contributed by atoms with Gasteiger partial charge in [-0.25, -0.2) is 0 Å². The number of guanidine groups is 1. The quantitative estimate of drug-likeness (QED) is 0.935. The lowest BCUT2D eigenvalue weighted by atomic mass is 9.86. The largest absolute Gasteiger partial charge is 0.369 e. The highest BCUT2D eigenvalue weighted by atomic mass is 15.4. The minimum absolute atomic E-state index is 0.181. The van der Waals surface area contributed by atoms with Gasteiger partial charge in [-0.3, -0.25) is 4.99 Å². The maximum Gasteiger partial charge on any atom is 0.196 e. The van der Waals surface area contributed by atoms with Gasteiger partial charge in [0.15, 0.2) is 5.96 Å². The van der Waals surface area contributed by atoms with Crippen LogP contribution in [-0.4, -0.2) is 12.5 Å². The van der Waals surface area contributed by atoms with Crippen molar-refractivity contribution in [3.8, 4) is 0 Å². The van der Waals surface area contributed by atoms with Gasteiger partial charge in [-0.15, -0.1) is 0 Å². The molecule has 0 saturated heterocycles. The molecule has 21 heavy (non-hydrogen) atoms. The Morgan fingerprint density at radius 2 is 1.90 bits per heavy atom. The molecule has 1 atom stereocenters. The summed E-state index contributed by atoms with van der Waals surface area (Å²) in [6.07, 6.45) is 0.954. The monoisotopic (exact) mass is 279 g/mol. The zero-order valence-corrected chi connectivity index (χ0v) is 12.6. The summed E-state index contributed by atoms with van der Waals surface area (Å²) in [4.78, 5) is 6.73. The van der Waals surface area contributed by atoms with Gasteiger partial charge in [-0.2, -0.15) is 0 Å². The lowest BCUT2D eigenvalue weighted by molar-refractivity contribution is 0.461. The summed E-state index contributed by atoms with van der Waals surface area (Å²) in [5.41, 5.74) is 9.64. The van der Waals surface area contributed by atoms with Gasteiger partial charge < -0.3 is 10.6 Å². The van der Waals surface area contributed by atoms with Crippen molar-refractivity contribution >= 4 is 11.6 Å². The molecule has 108 valence electrons. The molecule has 3 heteroatoms. The molecule has 1 unspecified atom stereocenters. The third kappa shape index (κ3) is 2.19. The molecule has 0 aromatic heterocycles. The van der Waals surface area contributed by atoms with Crippen molar-refractivity contribution in [1.82, 2.24) is 0 Å². The zero-order chi connectivity index (χ0) is 14.9. The second kappa shape index (κ2) is 5.24. The summed E-state index contributed by atoms with van der Waals surface area (Å²) in [6, 6.07) is 19.0. The highest BCUT2D eigenvalue weighted by Gasteiger charge is 2.43. The van der Waals surface area contributed by atoms with Crippen LogP contribution in [0.25, 0.3) is 0 Å². The van der Waals surface area contributed by atoms with Gasteiger partial charge in [0.2, 0.25) is 0 Å². The van der Waals surface area contributed by atoms with Crippen LogP contribution in [0.15, 0.2) is 59.6 Å². The van der Waals surface area contributed by atoms with E-state index in [-0.39, 0.29) is 5.54 Å². The average molecular weight is 279 g/mol. The Bertz CT molecular complexity index is 663. The number of benzene rings is 2. The van der Waals surface area contributed by atoms with Crippen LogP contribution in [0.5, 0.6) is 0 Å². The molecule has 0 radical (unpaired) electrons. The first-order valence-corrected chi connectivity index (χ1v) is 7.40. The number of hydrogen-bond acceptors (Lipinski definition) is 3. The molecule has 1 aliphatic rings. The van der Waals surface area contributed by atoms with E-state index in [0.717, 1.165) is 12.1 Å². The van der Waals surface area contributed by atoms with Crippen LogP contribution in [0.1, 0.15) is 24.5 Å². The number of rotatable bonds is 3. The molecular formula is C18H21N3. The van der Waals surface area contributed by atoms with Gasteiger partial charge in [0.05, 0.1) is 12.1 Å². The highest BCUT2D eigenvalue weighted by Crippen LogP contribution is 2.39. The van der Waals surface area contributed by atoms with Gasteiger partial charge in [-0.05, 0) is 36.6 Å². The minimum Gasteiger partial charge on any atom is -0.369 e. The number of nitrogens with two attached hydrogens (primary N) is 1. The second-order valence-corrected chi connectivity index (χ2v) is 5.60. The molecule has 0 spiro atoms. The Morgan fingerprint density at radius 1 is 1.14 bits per heavy atom. The Balaban J connectivity index is 2.13. The van der Waals surface area contributed by atoms with E-state index in [1.807, 2.05) is 6.07 Å². The van der Waals surface area contributed by atoms with E-state index in [0.29, 0.717) is 12.5 Å². The van der Waals surface area contributed by atoms with E-state index >= 15 is 0 Å². The van der Waals surface area contributed by atoms with E-state index in [2.05, 4.69) is 72.3 Å². The SMILES string of the molecule is CCC1(c2ccccc2)CN=C(N)N1c1cccc(C)c1. The predicted octanol–water partition coefficient (Wildman–Crippen LogP) is 3.44. The van der Waals surface area contributed by atoms with Crippen LogP contribution < -0.4 is 10.6 Å². The Morgan fingerprint density at radius 3 is 2.57 bits per heavy atom. The summed E-state index contributed by atoms with van der Waals surface area (Å²) >= 11 is 0. The molecule has 0 fully saturated rings. The fourth-order valence-electron chi connectivity index (χ4n) is 3.16. The molecule has 2 N–H and O–H groups in total. The second-order valence-electron chi connectivity index (χ2n) is 5.60. The van der Waals surface area contributed by atoms with Gasteiger partial charge in [-0.1, -0.05) is 49.4 Å². The molecule has 0 aliphatic carbocycles. The third-order valence-corrected chi connectivity index (χ3v) is 4.32. The molecule has 1 aliphatic heterocycles. The number of anilines is 1. The molecule has 0 amide bonds. The first-order valence-electron chi connectivity index (χ1n) is 7.40. The standard InChI is InChI=1S/C18H21N3/c1-3-18(15-9-5-4-6-10-15)13-20-17(19)21(18)16-11-7-8-14(2)12-16/h4-12H,3,13H2,1-2H3,(H2,19,20). The molecular weight excluding hydrogens is 258 g/mol. The number of nitrogens with zero attached hydrogens (tertiary/aromatic N) is 2. The molecule has 0 saturated carbocycles. The lowest BCUT2D eigenvalue weighted by Crippen LogP contribution is -2.49.